The van der Waals surface area contributed by atoms with Gasteiger partial charge in [-0.25, -0.2) is 8.42 Å². The van der Waals surface area contributed by atoms with Crippen LogP contribution in [0.4, 0.5) is 11.4 Å². The van der Waals surface area contributed by atoms with Crippen molar-refractivity contribution in [2.24, 2.45) is 0 Å². The standard InChI is InChI=1S/C20H19N3O6S/c1-22(30(27,28)17-9-7-14-5-3-4-6-15(14)11-17)13-20(24)21-18-10-8-16(23(25)26)12-19(18)29-2/h3-12H,13H2,1-2H3,(H,21,24). The van der Waals surface area contributed by atoms with Gasteiger partial charge >= 0.3 is 0 Å². The highest BCUT2D eigenvalue weighted by molar-refractivity contribution is 7.89. The summed E-state index contributed by atoms with van der Waals surface area (Å²) in [6.07, 6.45) is 0. The number of likely N-dealkylation sites (N-methyl/N-ethyl adjacent to an activating group) is 1. The highest BCUT2D eigenvalue weighted by atomic mass is 32.2. The van der Waals surface area contributed by atoms with E-state index in [-0.39, 0.29) is 22.0 Å². The molecule has 1 amide bonds. The van der Waals surface area contributed by atoms with E-state index < -0.39 is 27.4 Å². The zero-order chi connectivity index (χ0) is 21.9. The van der Waals surface area contributed by atoms with Gasteiger partial charge in [0.1, 0.15) is 5.75 Å². The summed E-state index contributed by atoms with van der Waals surface area (Å²) in [6.45, 7) is -0.449. The molecular weight excluding hydrogens is 410 g/mol. The van der Waals surface area contributed by atoms with Crippen molar-refractivity contribution < 1.29 is 22.9 Å². The molecule has 0 radical (unpaired) electrons. The van der Waals surface area contributed by atoms with Crippen LogP contribution in [-0.2, 0) is 14.8 Å². The third-order valence-electron chi connectivity index (χ3n) is 4.47. The minimum atomic E-state index is -3.90. The van der Waals surface area contributed by atoms with Gasteiger partial charge in [-0.2, -0.15) is 4.31 Å². The van der Waals surface area contributed by atoms with Crippen LogP contribution in [0.25, 0.3) is 10.8 Å². The lowest BCUT2D eigenvalue weighted by Crippen LogP contribution is -2.35. The van der Waals surface area contributed by atoms with Crippen LogP contribution in [0.3, 0.4) is 0 Å². The first-order valence-electron chi connectivity index (χ1n) is 8.80. The first-order valence-corrected chi connectivity index (χ1v) is 10.2. The van der Waals surface area contributed by atoms with Gasteiger partial charge in [0.15, 0.2) is 0 Å². The Hall–Kier alpha value is -3.50. The number of carbonyl (C=O) groups excluding carboxylic acids is 1. The number of sulfonamides is 1. The van der Waals surface area contributed by atoms with E-state index in [9.17, 15) is 23.3 Å². The van der Waals surface area contributed by atoms with Gasteiger partial charge in [0.05, 0.1) is 35.2 Å². The number of methoxy groups -OCH3 is 1. The molecule has 0 bridgehead atoms. The molecular formula is C20H19N3O6S. The maximum Gasteiger partial charge on any atom is 0.273 e. The van der Waals surface area contributed by atoms with Crippen molar-refractivity contribution >= 4 is 38.1 Å². The number of amides is 1. The number of nitro groups is 1. The van der Waals surface area contributed by atoms with Crippen LogP contribution in [0.2, 0.25) is 0 Å². The second-order valence-corrected chi connectivity index (χ2v) is 8.50. The molecule has 10 heteroatoms. The lowest BCUT2D eigenvalue weighted by atomic mass is 10.1. The molecule has 3 aromatic rings. The van der Waals surface area contributed by atoms with Crippen molar-refractivity contribution in [3.63, 3.8) is 0 Å². The molecule has 9 nitrogen and oxygen atoms in total. The number of nitrogens with one attached hydrogen (secondary N) is 1. The molecule has 0 fully saturated rings. The summed E-state index contributed by atoms with van der Waals surface area (Å²) in [7, 11) is -1.29. The normalized spacial score (nSPS) is 11.4. The number of anilines is 1. The number of fused-ring (bicyclic) bond motifs is 1. The minimum absolute atomic E-state index is 0.0735. The summed E-state index contributed by atoms with van der Waals surface area (Å²) < 4.78 is 31.7. The second-order valence-electron chi connectivity index (χ2n) is 6.46. The molecule has 3 rings (SSSR count). The maximum absolute atomic E-state index is 12.9. The monoisotopic (exact) mass is 429 g/mol. The number of non-ortho nitro benzene ring substituents is 1. The summed E-state index contributed by atoms with van der Waals surface area (Å²) in [4.78, 5) is 22.7. The van der Waals surface area contributed by atoms with Gasteiger partial charge in [-0.15, -0.1) is 0 Å². The molecule has 1 N–H and O–H groups in total. The van der Waals surface area contributed by atoms with Gasteiger partial charge in [-0.1, -0.05) is 30.3 Å². The Bertz CT molecular complexity index is 1230. The smallest absolute Gasteiger partial charge is 0.273 e. The fraction of sp³-hybridized carbons (Fsp3) is 0.150. The number of hydrogen-bond donors (Lipinski definition) is 1. The Morgan fingerprint density at radius 3 is 2.47 bits per heavy atom. The van der Waals surface area contributed by atoms with Gasteiger partial charge in [-0.05, 0) is 29.0 Å². The van der Waals surface area contributed by atoms with E-state index in [1.807, 2.05) is 24.3 Å². The SMILES string of the molecule is COc1cc([N+](=O)[O-])ccc1NC(=O)CN(C)S(=O)(=O)c1ccc2ccccc2c1. The zero-order valence-corrected chi connectivity index (χ0v) is 17.0. The summed E-state index contributed by atoms with van der Waals surface area (Å²) in [5.41, 5.74) is 0.00505. The van der Waals surface area contributed by atoms with Gasteiger partial charge in [0.25, 0.3) is 5.69 Å². The van der Waals surface area contributed by atoms with Crippen LogP contribution in [0.5, 0.6) is 5.75 Å². The third kappa shape index (κ3) is 4.39. The van der Waals surface area contributed by atoms with E-state index in [0.717, 1.165) is 15.1 Å². The van der Waals surface area contributed by atoms with Gasteiger partial charge in [0, 0.05) is 13.1 Å². The van der Waals surface area contributed by atoms with Gasteiger partial charge in [-0.3, -0.25) is 14.9 Å². The topological polar surface area (TPSA) is 119 Å². The number of nitrogens with zero attached hydrogens (tertiary/aromatic N) is 2. The first kappa shape index (κ1) is 21.2. The van der Waals surface area contributed by atoms with Crippen LogP contribution in [0.1, 0.15) is 0 Å². The Morgan fingerprint density at radius 2 is 1.80 bits per heavy atom. The molecule has 0 atom stereocenters. The molecule has 30 heavy (non-hydrogen) atoms. The van der Waals surface area contributed by atoms with Crippen molar-refractivity contribution in [2.45, 2.75) is 4.90 Å². The molecule has 0 unspecified atom stereocenters. The Labute approximate surface area is 173 Å². The van der Waals surface area contributed by atoms with Crippen molar-refractivity contribution in [3.05, 3.63) is 70.8 Å². The fourth-order valence-corrected chi connectivity index (χ4v) is 4.04. The van der Waals surface area contributed by atoms with Gasteiger partial charge < -0.3 is 10.1 Å². The minimum Gasteiger partial charge on any atom is -0.494 e. The second kappa shape index (κ2) is 8.47. The number of hydrogen-bond acceptors (Lipinski definition) is 6. The maximum atomic E-state index is 12.9. The summed E-state index contributed by atoms with van der Waals surface area (Å²) >= 11 is 0. The lowest BCUT2D eigenvalue weighted by Gasteiger charge is -2.18. The molecule has 0 saturated heterocycles. The van der Waals surface area contributed by atoms with Crippen LogP contribution in [0.15, 0.2) is 65.6 Å². The third-order valence-corrected chi connectivity index (χ3v) is 6.26. The average Bonchev–Trinajstić information content (AvgIpc) is 2.73. The quantitative estimate of drug-likeness (QED) is 0.455. The van der Waals surface area contributed by atoms with Crippen LogP contribution in [-0.4, -0.2) is 44.3 Å². The van der Waals surface area contributed by atoms with E-state index in [1.54, 1.807) is 12.1 Å². The van der Waals surface area contributed by atoms with Crippen molar-refractivity contribution in [3.8, 4) is 5.75 Å². The summed E-state index contributed by atoms with van der Waals surface area (Å²) in [5, 5.41) is 15.1. The molecule has 3 aromatic carbocycles. The number of carbonyl (C=O) groups is 1. The number of benzene rings is 3. The zero-order valence-electron chi connectivity index (χ0n) is 16.2. The molecule has 0 aliphatic carbocycles. The van der Waals surface area contributed by atoms with Crippen LogP contribution < -0.4 is 10.1 Å². The van der Waals surface area contributed by atoms with E-state index in [1.165, 1.54) is 38.4 Å². The first-order chi connectivity index (χ1) is 14.2. The predicted molar refractivity (Wildman–Crippen MR) is 112 cm³/mol. The summed E-state index contributed by atoms with van der Waals surface area (Å²) in [5.74, 6) is -0.522. The van der Waals surface area contributed by atoms with E-state index >= 15 is 0 Å². The Balaban J connectivity index is 1.76. The van der Waals surface area contributed by atoms with E-state index in [4.69, 9.17) is 4.74 Å². The molecule has 0 heterocycles. The highest BCUT2D eigenvalue weighted by Crippen LogP contribution is 2.29. The predicted octanol–water partition coefficient (Wildman–Crippen LogP) is 3.02. The average molecular weight is 429 g/mol. The fourth-order valence-electron chi connectivity index (χ4n) is 2.88. The highest BCUT2D eigenvalue weighted by Gasteiger charge is 2.24. The van der Waals surface area contributed by atoms with E-state index in [2.05, 4.69) is 5.32 Å². The molecule has 0 aromatic heterocycles. The molecule has 0 aliphatic rings. The van der Waals surface area contributed by atoms with Crippen molar-refractivity contribution in [1.29, 1.82) is 0 Å². The molecule has 156 valence electrons. The largest absolute Gasteiger partial charge is 0.494 e. The van der Waals surface area contributed by atoms with E-state index in [0.29, 0.717) is 0 Å². The molecule has 0 saturated carbocycles. The number of rotatable bonds is 7. The van der Waals surface area contributed by atoms with Crippen molar-refractivity contribution in [1.82, 2.24) is 4.31 Å². The summed E-state index contributed by atoms with van der Waals surface area (Å²) in [6, 6.07) is 15.8. The number of nitro benzene ring substituents is 1. The van der Waals surface area contributed by atoms with Crippen molar-refractivity contribution in [2.75, 3.05) is 26.0 Å². The molecule has 0 aliphatic heterocycles. The van der Waals surface area contributed by atoms with Crippen LogP contribution in [0, 0.1) is 10.1 Å². The van der Waals surface area contributed by atoms with Crippen LogP contribution >= 0.6 is 0 Å². The number of ether oxygens (including phenoxy) is 1. The van der Waals surface area contributed by atoms with Gasteiger partial charge in [0.2, 0.25) is 15.9 Å². The Morgan fingerprint density at radius 1 is 1.10 bits per heavy atom. The Kier molecular flexibility index (Phi) is 5.99. The molecule has 0 spiro atoms. The lowest BCUT2D eigenvalue weighted by molar-refractivity contribution is -0.384.